The number of amides is 1. The lowest BCUT2D eigenvalue weighted by atomic mass is 10.1. The maximum atomic E-state index is 11.9. The number of rotatable bonds is 6. The van der Waals surface area contributed by atoms with E-state index in [0.29, 0.717) is 6.54 Å². The van der Waals surface area contributed by atoms with Crippen molar-refractivity contribution in [1.82, 2.24) is 5.32 Å². The molecule has 108 valence electrons. The van der Waals surface area contributed by atoms with E-state index in [4.69, 9.17) is 11.6 Å². The minimum atomic E-state index is -0.530. The number of benzene rings is 1. The van der Waals surface area contributed by atoms with E-state index in [2.05, 4.69) is 10.6 Å². The van der Waals surface area contributed by atoms with Crippen molar-refractivity contribution in [2.24, 2.45) is 0 Å². The highest BCUT2D eigenvalue weighted by Gasteiger charge is 2.26. The number of carbonyl (C=O) groups excluding carboxylic acids is 1. The predicted molar refractivity (Wildman–Crippen MR) is 77.4 cm³/mol. The average Bonchev–Trinajstić information content (AvgIpc) is 3.20. The lowest BCUT2D eigenvalue weighted by Crippen LogP contribution is -2.25. The van der Waals surface area contributed by atoms with Crippen molar-refractivity contribution in [2.75, 3.05) is 11.9 Å². The van der Waals surface area contributed by atoms with Gasteiger partial charge in [-0.1, -0.05) is 18.5 Å². The van der Waals surface area contributed by atoms with Gasteiger partial charge in [0, 0.05) is 24.2 Å². The van der Waals surface area contributed by atoms with E-state index in [9.17, 15) is 14.9 Å². The molecule has 0 spiro atoms. The molecule has 1 fully saturated rings. The largest absolute Gasteiger partial charge is 0.378 e. The zero-order chi connectivity index (χ0) is 14.7. The van der Waals surface area contributed by atoms with Gasteiger partial charge in [-0.05, 0) is 25.3 Å². The van der Waals surface area contributed by atoms with Crippen LogP contribution in [-0.4, -0.2) is 23.4 Å². The second kappa shape index (κ2) is 6.09. The molecule has 1 aromatic rings. The number of hydrogen-bond acceptors (Lipinski definition) is 4. The van der Waals surface area contributed by atoms with E-state index in [0.717, 1.165) is 19.3 Å². The van der Waals surface area contributed by atoms with Crippen LogP contribution in [0, 0.1) is 10.1 Å². The molecule has 1 aliphatic carbocycles. The number of nitrogens with one attached hydrogen (secondary N) is 2. The lowest BCUT2D eigenvalue weighted by Gasteiger charge is -2.10. The fourth-order valence-electron chi connectivity index (χ4n) is 1.79. The summed E-state index contributed by atoms with van der Waals surface area (Å²) < 4.78 is 0. The van der Waals surface area contributed by atoms with Crippen LogP contribution in [0.3, 0.4) is 0 Å². The summed E-state index contributed by atoms with van der Waals surface area (Å²) in [4.78, 5) is 22.5. The second-order valence-electron chi connectivity index (χ2n) is 4.78. The van der Waals surface area contributed by atoms with E-state index < -0.39 is 4.92 Å². The van der Waals surface area contributed by atoms with Gasteiger partial charge in [0.05, 0.1) is 9.95 Å². The summed E-state index contributed by atoms with van der Waals surface area (Å²) in [5.41, 5.74) is 0.309. The van der Waals surface area contributed by atoms with Crippen molar-refractivity contribution < 1.29 is 9.72 Å². The number of nitrogens with zero attached hydrogens (tertiary/aromatic N) is 1. The standard InChI is InChI=1S/C13H16ClN3O3/c1-2-5-15-12-10(14)6-8(7-11(12)17(19)20)13(18)16-9-3-4-9/h6-7,9,15H,2-5H2,1H3,(H,16,18). The molecule has 1 aliphatic rings. The average molecular weight is 298 g/mol. The zero-order valence-corrected chi connectivity index (χ0v) is 11.9. The Labute approximate surface area is 121 Å². The van der Waals surface area contributed by atoms with E-state index in [1.54, 1.807) is 0 Å². The fourth-order valence-corrected chi connectivity index (χ4v) is 2.07. The Balaban J connectivity index is 2.30. The summed E-state index contributed by atoms with van der Waals surface area (Å²) >= 11 is 6.06. The zero-order valence-electron chi connectivity index (χ0n) is 11.1. The summed E-state index contributed by atoms with van der Waals surface area (Å²) in [6.07, 6.45) is 2.73. The number of nitro groups is 1. The van der Waals surface area contributed by atoms with Gasteiger partial charge in [-0.2, -0.15) is 0 Å². The molecule has 1 saturated carbocycles. The van der Waals surface area contributed by atoms with Crippen LogP contribution in [0.1, 0.15) is 36.5 Å². The van der Waals surface area contributed by atoms with Crippen LogP contribution in [0.4, 0.5) is 11.4 Å². The molecule has 0 unspecified atom stereocenters. The SMILES string of the molecule is CCCNc1c(Cl)cc(C(=O)NC2CC2)cc1[N+](=O)[O-]. The van der Waals surface area contributed by atoms with Crippen LogP contribution in [0.5, 0.6) is 0 Å². The Hall–Kier alpha value is -1.82. The van der Waals surface area contributed by atoms with Crippen LogP contribution in [-0.2, 0) is 0 Å². The highest BCUT2D eigenvalue weighted by Crippen LogP contribution is 2.34. The number of nitro benzene ring substituents is 1. The van der Waals surface area contributed by atoms with Gasteiger partial charge in [-0.25, -0.2) is 0 Å². The van der Waals surface area contributed by atoms with Crippen LogP contribution < -0.4 is 10.6 Å². The maximum absolute atomic E-state index is 11.9. The summed E-state index contributed by atoms with van der Waals surface area (Å²) in [7, 11) is 0. The molecule has 0 atom stereocenters. The molecule has 0 radical (unpaired) electrons. The monoisotopic (exact) mass is 297 g/mol. The quantitative estimate of drug-likeness (QED) is 0.624. The van der Waals surface area contributed by atoms with E-state index in [-0.39, 0.29) is 33.9 Å². The Morgan fingerprint density at radius 1 is 1.50 bits per heavy atom. The molecule has 0 aromatic heterocycles. The van der Waals surface area contributed by atoms with Crippen LogP contribution in [0.2, 0.25) is 5.02 Å². The Morgan fingerprint density at radius 3 is 2.75 bits per heavy atom. The minimum absolute atomic E-state index is 0.174. The molecular formula is C13H16ClN3O3. The summed E-state index contributed by atoms with van der Waals surface area (Å²) in [6, 6.07) is 2.92. The van der Waals surface area contributed by atoms with Gasteiger partial charge >= 0.3 is 0 Å². The van der Waals surface area contributed by atoms with Crippen molar-refractivity contribution in [3.05, 3.63) is 32.8 Å². The van der Waals surface area contributed by atoms with Gasteiger partial charge in [0.15, 0.2) is 0 Å². The minimum Gasteiger partial charge on any atom is -0.378 e. The molecule has 0 aliphatic heterocycles. The molecule has 0 saturated heterocycles. The molecule has 2 rings (SSSR count). The van der Waals surface area contributed by atoms with Crippen LogP contribution in [0.15, 0.2) is 12.1 Å². The molecule has 1 amide bonds. The number of anilines is 1. The Bertz CT molecular complexity index is 544. The first-order chi connectivity index (χ1) is 9.52. The first-order valence-corrected chi connectivity index (χ1v) is 6.93. The van der Waals surface area contributed by atoms with Crippen LogP contribution in [0.25, 0.3) is 0 Å². The predicted octanol–water partition coefficient (Wildman–Crippen LogP) is 2.96. The molecule has 7 heteroatoms. The third-order valence-corrected chi connectivity index (χ3v) is 3.29. The molecule has 2 N–H and O–H groups in total. The third-order valence-electron chi connectivity index (χ3n) is 2.99. The van der Waals surface area contributed by atoms with Gasteiger partial charge < -0.3 is 10.6 Å². The third kappa shape index (κ3) is 3.39. The van der Waals surface area contributed by atoms with Crippen molar-refractivity contribution in [3.63, 3.8) is 0 Å². The number of halogens is 1. The highest BCUT2D eigenvalue weighted by atomic mass is 35.5. The van der Waals surface area contributed by atoms with Gasteiger partial charge in [0.2, 0.25) is 0 Å². The van der Waals surface area contributed by atoms with Crippen molar-refractivity contribution in [3.8, 4) is 0 Å². The lowest BCUT2D eigenvalue weighted by molar-refractivity contribution is -0.384. The first-order valence-electron chi connectivity index (χ1n) is 6.55. The van der Waals surface area contributed by atoms with Gasteiger partial charge in [-0.15, -0.1) is 0 Å². The normalized spacial score (nSPS) is 13.9. The topological polar surface area (TPSA) is 84.3 Å². The maximum Gasteiger partial charge on any atom is 0.294 e. The molecule has 1 aromatic carbocycles. The first kappa shape index (κ1) is 14.6. The molecule has 0 bridgehead atoms. The van der Waals surface area contributed by atoms with Gasteiger partial charge in [0.25, 0.3) is 11.6 Å². The van der Waals surface area contributed by atoms with E-state index in [1.807, 2.05) is 6.92 Å². The fraction of sp³-hybridized carbons (Fsp3) is 0.462. The summed E-state index contributed by atoms with van der Waals surface area (Å²) in [5, 5.41) is 17.0. The van der Waals surface area contributed by atoms with Crippen molar-refractivity contribution >= 4 is 28.9 Å². The number of carbonyl (C=O) groups is 1. The number of hydrogen-bond donors (Lipinski definition) is 2. The van der Waals surface area contributed by atoms with Gasteiger partial charge in [-0.3, -0.25) is 14.9 Å². The van der Waals surface area contributed by atoms with Gasteiger partial charge in [0.1, 0.15) is 5.69 Å². The molecule has 6 nitrogen and oxygen atoms in total. The highest BCUT2D eigenvalue weighted by molar-refractivity contribution is 6.34. The second-order valence-corrected chi connectivity index (χ2v) is 5.19. The summed E-state index contributed by atoms with van der Waals surface area (Å²) in [5.74, 6) is -0.320. The molecule has 0 heterocycles. The summed E-state index contributed by atoms with van der Waals surface area (Å²) in [6.45, 7) is 2.53. The Morgan fingerprint density at radius 2 is 2.20 bits per heavy atom. The van der Waals surface area contributed by atoms with Crippen LogP contribution >= 0.6 is 11.6 Å². The van der Waals surface area contributed by atoms with E-state index >= 15 is 0 Å². The van der Waals surface area contributed by atoms with Crippen molar-refractivity contribution in [1.29, 1.82) is 0 Å². The Kier molecular flexibility index (Phi) is 4.44. The molecular weight excluding hydrogens is 282 g/mol. The van der Waals surface area contributed by atoms with Crippen molar-refractivity contribution in [2.45, 2.75) is 32.2 Å². The molecule has 20 heavy (non-hydrogen) atoms. The van der Waals surface area contributed by atoms with E-state index in [1.165, 1.54) is 12.1 Å². The smallest absolute Gasteiger partial charge is 0.294 e.